The molecular weight excluding hydrogens is 406 g/mol. The predicted molar refractivity (Wildman–Crippen MR) is 118 cm³/mol. The summed E-state index contributed by atoms with van der Waals surface area (Å²) in [6.45, 7) is 7.79. The van der Waals surface area contributed by atoms with Crippen molar-refractivity contribution in [2.45, 2.75) is 33.1 Å². The monoisotopic (exact) mass is 429 g/mol. The summed E-state index contributed by atoms with van der Waals surface area (Å²) in [5.74, 6) is 0.432. The molecule has 0 radical (unpaired) electrons. The highest BCUT2D eigenvalue weighted by Gasteiger charge is 2.17. The number of hydrogen-bond acceptors (Lipinski definition) is 5. The zero-order valence-corrected chi connectivity index (χ0v) is 18.3. The Morgan fingerprint density at radius 3 is 2.53 bits per heavy atom. The number of benzene rings is 2. The standard InChI is InChI=1S/C23H24ClNO5/c1-13-8-22(27)30-19-11-20(16(24)10-15(13)19)29-12-21(26)25-17-9-14(23(2,3)4)6-7-18(17)28-5/h6-11H,12H2,1-5H3,(H,25,26). The number of halogens is 1. The van der Waals surface area contributed by atoms with Crippen LogP contribution in [0.1, 0.15) is 31.9 Å². The van der Waals surface area contributed by atoms with Gasteiger partial charge in [0, 0.05) is 17.5 Å². The molecule has 158 valence electrons. The van der Waals surface area contributed by atoms with Crippen LogP contribution in [-0.2, 0) is 10.2 Å². The van der Waals surface area contributed by atoms with Gasteiger partial charge in [0.1, 0.15) is 17.1 Å². The second-order valence-electron chi connectivity index (χ2n) is 8.03. The summed E-state index contributed by atoms with van der Waals surface area (Å²) in [6.07, 6.45) is 0. The van der Waals surface area contributed by atoms with Gasteiger partial charge >= 0.3 is 5.63 Å². The van der Waals surface area contributed by atoms with Crippen molar-refractivity contribution in [3.63, 3.8) is 0 Å². The van der Waals surface area contributed by atoms with Crippen LogP contribution in [0.2, 0.25) is 5.02 Å². The third-order valence-electron chi connectivity index (χ3n) is 4.70. The second kappa shape index (κ2) is 8.40. The Balaban J connectivity index is 1.78. The van der Waals surface area contributed by atoms with E-state index in [1.54, 1.807) is 20.1 Å². The average molecular weight is 430 g/mol. The lowest BCUT2D eigenvalue weighted by Crippen LogP contribution is -2.21. The molecule has 0 aliphatic rings. The molecule has 1 amide bonds. The molecule has 0 saturated heterocycles. The Morgan fingerprint density at radius 2 is 1.87 bits per heavy atom. The third kappa shape index (κ3) is 4.76. The molecule has 0 spiro atoms. The summed E-state index contributed by atoms with van der Waals surface area (Å²) in [5.41, 5.74) is 2.17. The minimum atomic E-state index is -0.461. The Kier molecular flexibility index (Phi) is 6.08. The van der Waals surface area contributed by atoms with Crippen LogP contribution in [0.3, 0.4) is 0 Å². The number of ether oxygens (including phenoxy) is 2. The number of carbonyl (C=O) groups excluding carboxylic acids is 1. The molecule has 0 unspecified atom stereocenters. The maximum absolute atomic E-state index is 12.5. The van der Waals surface area contributed by atoms with Gasteiger partial charge in [-0.3, -0.25) is 4.79 Å². The predicted octanol–water partition coefficient (Wildman–Crippen LogP) is 5.08. The molecule has 3 rings (SSSR count). The molecule has 0 bridgehead atoms. The van der Waals surface area contributed by atoms with Gasteiger partial charge in [0.2, 0.25) is 0 Å². The van der Waals surface area contributed by atoms with Crippen molar-refractivity contribution in [1.82, 2.24) is 0 Å². The molecule has 1 aromatic heterocycles. The zero-order valence-electron chi connectivity index (χ0n) is 17.6. The van der Waals surface area contributed by atoms with Gasteiger partial charge in [-0.2, -0.15) is 0 Å². The number of aryl methyl sites for hydroxylation is 1. The first kappa shape index (κ1) is 21.7. The number of anilines is 1. The van der Waals surface area contributed by atoms with E-state index in [-0.39, 0.29) is 23.7 Å². The molecule has 0 atom stereocenters. The van der Waals surface area contributed by atoms with E-state index < -0.39 is 5.63 Å². The average Bonchev–Trinajstić information content (AvgIpc) is 2.66. The van der Waals surface area contributed by atoms with Crippen LogP contribution in [0, 0.1) is 6.92 Å². The number of fused-ring (bicyclic) bond motifs is 1. The fourth-order valence-corrected chi connectivity index (χ4v) is 3.25. The lowest BCUT2D eigenvalue weighted by atomic mass is 9.87. The van der Waals surface area contributed by atoms with Crippen molar-refractivity contribution >= 4 is 34.2 Å². The quantitative estimate of drug-likeness (QED) is 0.572. The topological polar surface area (TPSA) is 77.8 Å². The number of hydrogen-bond donors (Lipinski definition) is 1. The van der Waals surface area contributed by atoms with Crippen LogP contribution >= 0.6 is 11.6 Å². The number of nitrogens with one attached hydrogen (secondary N) is 1. The molecule has 0 saturated carbocycles. The van der Waals surface area contributed by atoms with E-state index in [0.29, 0.717) is 27.4 Å². The first-order chi connectivity index (χ1) is 14.1. The second-order valence-corrected chi connectivity index (χ2v) is 8.44. The van der Waals surface area contributed by atoms with E-state index in [9.17, 15) is 9.59 Å². The Morgan fingerprint density at radius 1 is 1.13 bits per heavy atom. The highest BCUT2D eigenvalue weighted by atomic mass is 35.5. The van der Waals surface area contributed by atoms with Crippen LogP contribution in [0.4, 0.5) is 5.69 Å². The van der Waals surface area contributed by atoms with E-state index in [1.165, 1.54) is 12.1 Å². The first-order valence-corrected chi connectivity index (χ1v) is 9.81. The highest BCUT2D eigenvalue weighted by Crippen LogP contribution is 2.32. The van der Waals surface area contributed by atoms with Gasteiger partial charge in [0.05, 0.1) is 17.8 Å². The van der Waals surface area contributed by atoms with E-state index in [2.05, 4.69) is 26.1 Å². The Bertz CT molecular complexity index is 1160. The van der Waals surface area contributed by atoms with Crippen molar-refractivity contribution in [2.24, 2.45) is 0 Å². The zero-order chi connectivity index (χ0) is 22.1. The molecule has 7 heteroatoms. The van der Waals surface area contributed by atoms with Gasteiger partial charge in [-0.1, -0.05) is 38.4 Å². The highest BCUT2D eigenvalue weighted by molar-refractivity contribution is 6.32. The molecular formula is C23H24ClNO5. The minimum Gasteiger partial charge on any atom is -0.495 e. The van der Waals surface area contributed by atoms with Crippen molar-refractivity contribution in [1.29, 1.82) is 0 Å². The summed E-state index contributed by atoms with van der Waals surface area (Å²) in [6, 6.07) is 10.2. The maximum Gasteiger partial charge on any atom is 0.336 e. The molecule has 1 heterocycles. The van der Waals surface area contributed by atoms with Crippen LogP contribution in [-0.4, -0.2) is 19.6 Å². The SMILES string of the molecule is COc1ccc(C(C)(C)C)cc1NC(=O)COc1cc2oc(=O)cc(C)c2cc1Cl. The largest absolute Gasteiger partial charge is 0.495 e. The molecule has 0 aliphatic carbocycles. The lowest BCUT2D eigenvalue weighted by Gasteiger charge is -2.21. The Hall–Kier alpha value is -2.99. The van der Waals surface area contributed by atoms with Gasteiger partial charge in [-0.05, 0) is 41.7 Å². The summed E-state index contributed by atoms with van der Waals surface area (Å²) < 4.78 is 16.1. The van der Waals surface area contributed by atoms with Crippen molar-refractivity contribution in [3.05, 3.63) is 63.0 Å². The minimum absolute atomic E-state index is 0.0804. The fourth-order valence-electron chi connectivity index (χ4n) is 3.03. The van der Waals surface area contributed by atoms with Crippen LogP contribution in [0.5, 0.6) is 11.5 Å². The van der Waals surface area contributed by atoms with Gasteiger partial charge in [-0.15, -0.1) is 0 Å². The van der Waals surface area contributed by atoms with E-state index in [4.69, 9.17) is 25.5 Å². The molecule has 0 aliphatic heterocycles. The summed E-state index contributed by atoms with van der Waals surface area (Å²) in [5, 5.41) is 3.84. The maximum atomic E-state index is 12.5. The summed E-state index contributed by atoms with van der Waals surface area (Å²) in [7, 11) is 1.54. The van der Waals surface area contributed by atoms with Gasteiger partial charge in [-0.25, -0.2) is 4.79 Å². The number of rotatable bonds is 5. The van der Waals surface area contributed by atoms with Crippen LogP contribution < -0.4 is 20.4 Å². The van der Waals surface area contributed by atoms with Gasteiger partial charge in [0.15, 0.2) is 6.61 Å². The molecule has 30 heavy (non-hydrogen) atoms. The normalized spacial score (nSPS) is 11.4. The van der Waals surface area contributed by atoms with E-state index in [0.717, 1.165) is 11.1 Å². The lowest BCUT2D eigenvalue weighted by molar-refractivity contribution is -0.118. The fraction of sp³-hybridized carbons (Fsp3) is 0.304. The van der Waals surface area contributed by atoms with Crippen LogP contribution in [0.25, 0.3) is 11.0 Å². The molecule has 6 nitrogen and oxygen atoms in total. The summed E-state index contributed by atoms with van der Waals surface area (Å²) >= 11 is 6.28. The molecule has 0 fully saturated rings. The summed E-state index contributed by atoms with van der Waals surface area (Å²) in [4.78, 5) is 24.1. The van der Waals surface area contributed by atoms with Crippen molar-refractivity contribution < 1.29 is 18.7 Å². The number of methoxy groups -OCH3 is 1. The van der Waals surface area contributed by atoms with E-state index >= 15 is 0 Å². The van der Waals surface area contributed by atoms with Gasteiger partial charge in [0.25, 0.3) is 5.91 Å². The van der Waals surface area contributed by atoms with Crippen molar-refractivity contribution in [2.75, 3.05) is 19.0 Å². The Labute approximate surface area is 179 Å². The third-order valence-corrected chi connectivity index (χ3v) is 5.00. The molecule has 2 aromatic carbocycles. The van der Waals surface area contributed by atoms with Gasteiger partial charge < -0.3 is 19.2 Å². The number of amides is 1. The molecule has 3 aromatic rings. The van der Waals surface area contributed by atoms with E-state index in [1.807, 2.05) is 18.2 Å². The van der Waals surface area contributed by atoms with Crippen LogP contribution in [0.15, 0.2) is 45.6 Å². The molecule has 1 N–H and O–H groups in total. The smallest absolute Gasteiger partial charge is 0.336 e. The first-order valence-electron chi connectivity index (χ1n) is 9.43. The van der Waals surface area contributed by atoms with Crippen molar-refractivity contribution in [3.8, 4) is 11.5 Å². The number of carbonyl (C=O) groups is 1.